The van der Waals surface area contributed by atoms with Gasteiger partial charge < -0.3 is 10.6 Å². The van der Waals surface area contributed by atoms with Gasteiger partial charge in [0, 0.05) is 17.5 Å². The molecular formula is C19H27FN2O. The van der Waals surface area contributed by atoms with Crippen molar-refractivity contribution in [1.29, 1.82) is 0 Å². The molecule has 1 aliphatic carbocycles. The highest BCUT2D eigenvalue weighted by atomic mass is 19.1. The van der Waals surface area contributed by atoms with Crippen LogP contribution in [0.1, 0.15) is 57.1 Å². The van der Waals surface area contributed by atoms with Crippen LogP contribution in [-0.4, -0.2) is 18.5 Å². The van der Waals surface area contributed by atoms with Gasteiger partial charge in [-0.15, -0.1) is 0 Å². The second-order valence-electron chi connectivity index (χ2n) is 7.13. The molecule has 1 amide bonds. The number of halogens is 1. The first kappa shape index (κ1) is 16.4. The Labute approximate surface area is 138 Å². The van der Waals surface area contributed by atoms with Crippen molar-refractivity contribution in [2.45, 2.75) is 57.5 Å². The maximum Gasteiger partial charge on any atom is 0.223 e. The van der Waals surface area contributed by atoms with Gasteiger partial charge in [-0.05, 0) is 51.1 Å². The molecule has 1 aromatic carbocycles. The van der Waals surface area contributed by atoms with Gasteiger partial charge in [0.25, 0.3) is 0 Å². The lowest BCUT2D eigenvalue weighted by Gasteiger charge is -2.31. The van der Waals surface area contributed by atoms with Crippen molar-refractivity contribution in [2.24, 2.45) is 11.8 Å². The lowest BCUT2D eigenvalue weighted by molar-refractivity contribution is -0.127. The molecule has 1 saturated carbocycles. The van der Waals surface area contributed by atoms with Crippen LogP contribution in [0.15, 0.2) is 24.3 Å². The normalized spacial score (nSPS) is 26.9. The Kier molecular flexibility index (Phi) is 5.31. The molecule has 2 fully saturated rings. The largest absolute Gasteiger partial charge is 0.349 e. The highest BCUT2D eigenvalue weighted by molar-refractivity contribution is 5.79. The molecular weight excluding hydrogens is 291 g/mol. The van der Waals surface area contributed by atoms with Gasteiger partial charge >= 0.3 is 0 Å². The molecule has 23 heavy (non-hydrogen) atoms. The zero-order valence-corrected chi connectivity index (χ0v) is 13.9. The maximum absolute atomic E-state index is 14.3. The first-order chi connectivity index (χ1) is 11.1. The van der Waals surface area contributed by atoms with Crippen LogP contribution >= 0.6 is 0 Å². The van der Waals surface area contributed by atoms with Crippen molar-refractivity contribution >= 4 is 5.91 Å². The fourth-order valence-corrected chi connectivity index (χ4v) is 4.11. The molecule has 0 bridgehead atoms. The van der Waals surface area contributed by atoms with Crippen molar-refractivity contribution in [3.05, 3.63) is 35.6 Å². The molecule has 2 aliphatic rings. The molecule has 1 heterocycles. The van der Waals surface area contributed by atoms with Gasteiger partial charge in [-0.25, -0.2) is 4.39 Å². The molecule has 126 valence electrons. The topological polar surface area (TPSA) is 41.1 Å². The molecule has 1 aliphatic heterocycles. The number of amides is 1. The number of piperidine rings is 1. The number of carbonyl (C=O) groups excluding carboxylic acids is 1. The van der Waals surface area contributed by atoms with E-state index in [0.717, 1.165) is 32.2 Å². The van der Waals surface area contributed by atoms with Crippen LogP contribution in [0.2, 0.25) is 0 Å². The highest BCUT2D eigenvalue weighted by Crippen LogP contribution is 2.37. The summed E-state index contributed by atoms with van der Waals surface area (Å²) in [7, 11) is 0. The van der Waals surface area contributed by atoms with E-state index in [-0.39, 0.29) is 23.7 Å². The lowest BCUT2D eigenvalue weighted by atomic mass is 9.88. The van der Waals surface area contributed by atoms with Crippen LogP contribution in [0, 0.1) is 17.7 Å². The molecule has 2 N–H and O–H groups in total. The standard InChI is InChI=1S/C19H27FN2O/c1-13-12-15(10-11-21-13)19(23)22-18(14-6-2-3-7-14)16-8-4-5-9-17(16)20/h4-5,8-9,13-15,18,21H,2-3,6-7,10-12H2,1H3,(H,22,23)/t13-,15-,18?/m0/s1. The number of rotatable bonds is 4. The molecule has 3 atom stereocenters. The first-order valence-corrected chi connectivity index (χ1v) is 8.93. The molecule has 4 heteroatoms. The fraction of sp³-hybridized carbons (Fsp3) is 0.632. The summed E-state index contributed by atoms with van der Waals surface area (Å²) >= 11 is 0. The summed E-state index contributed by atoms with van der Waals surface area (Å²) in [6, 6.07) is 7.08. The van der Waals surface area contributed by atoms with Crippen LogP contribution in [-0.2, 0) is 4.79 Å². The van der Waals surface area contributed by atoms with Crippen LogP contribution < -0.4 is 10.6 Å². The van der Waals surface area contributed by atoms with Gasteiger partial charge in [-0.3, -0.25) is 4.79 Å². The lowest BCUT2D eigenvalue weighted by Crippen LogP contribution is -2.44. The Morgan fingerprint density at radius 3 is 2.70 bits per heavy atom. The number of hydrogen-bond acceptors (Lipinski definition) is 2. The average Bonchev–Trinajstić information content (AvgIpc) is 3.07. The molecule has 3 nitrogen and oxygen atoms in total. The monoisotopic (exact) mass is 318 g/mol. The van der Waals surface area contributed by atoms with Crippen LogP contribution in [0.25, 0.3) is 0 Å². The predicted octanol–water partition coefficient (Wildman–Crippen LogP) is 3.56. The summed E-state index contributed by atoms with van der Waals surface area (Å²) in [5.74, 6) is 0.291. The molecule has 0 aromatic heterocycles. The van der Waals surface area contributed by atoms with Crippen LogP contribution in [0.5, 0.6) is 0 Å². The van der Waals surface area contributed by atoms with Gasteiger partial charge in [0.05, 0.1) is 6.04 Å². The first-order valence-electron chi connectivity index (χ1n) is 8.93. The minimum absolute atomic E-state index is 0.0435. The summed E-state index contributed by atoms with van der Waals surface area (Å²) in [4.78, 5) is 12.7. The average molecular weight is 318 g/mol. The number of benzene rings is 1. The molecule has 3 rings (SSSR count). The third kappa shape index (κ3) is 3.92. The highest BCUT2D eigenvalue weighted by Gasteiger charge is 2.32. The Morgan fingerprint density at radius 2 is 2.00 bits per heavy atom. The third-order valence-electron chi connectivity index (χ3n) is 5.40. The molecule has 0 radical (unpaired) electrons. The summed E-state index contributed by atoms with van der Waals surface area (Å²) in [5.41, 5.74) is 0.648. The minimum Gasteiger partial charge on any atom is -0.349 e. The van der Waals surface area contributed by atoms with Crippen molar-refractivity contribution in [3.63, 3.8) is 0 Å². The molecule has 0 spiro atoms. The Morgan fingerprint density at radius 1 is 1.26 bits per heavy atom. The van der Waals surface area contributed by atoms with Crippen molar-refractivity contribution in [3.8, 4) is 0 Å². The van der Waals surface area contributed by atoms with E-state index >= 15 is 0 Å². The van der Waals surface area contributed by atoms with Gasteiger partial charge in [0.15, 0.2) is 0 Å². The van der Waals surface area contributed by atoms with Crippen molar-refractivity contribution in [1.82, 2.24) is 10.6 Å². The second-order valence-corrected chi connectivity index (χ2v) is 7.13. The molecule has 1 aromatic rings. The van der Waals surface area contributed by atoms with E-state index < -0.39 is 0 Å². The van der Waals surface area contributed by atoms with Crippen molar-refractivity contribution in [2.75, 3.05) is 6.54 Å². The number of carbonyl (C=O) groups is 1. The molecule has 1 unspecified atom stereocenters. The van der Waals surface area contributed by atoms with E-state index in [9.17, 15) is 9.18 Å². The maximum atomic E-state index is 14.3. The predicted molar refractivity (Wildman–Crippen MR) is 89.4 cm³/mol. The van der Waals surface area contributed by atoms with E-state index in [2.05, 4.69) is 17.6 Å². The summed E-state index contributed by atoms with van der Waals surface area (Å²) in [5, 5.41) is 6.58. The van der Waals surface area contributed by atoms with E-state index in [4.69, 9.17) is 0 Å². The Hall–Kier alpha value is -1.42. The summed E-state index contributed by atoms with van der Waals surface area (Å²) < 4.78 is 14.3. The zero-order valence-electron chi connectivity index (χ0n) is 13.9. The number of hydrogen-bond donors (Lipinski definition) is 2. The van der Waals surface area contributed by atoms with E-state index in [1.165, 1.54) is 18.9 Å². The zero-order chi connectivity index (χ0) is 16.2. The van der Waals surface area contributed by atoms with E-state index in [1.807, 2.05) is 12.1 Å². The third-order valence-corrected chi connectivity index (χ3v) is 5.40. The van der Waals surface area contributed by atoms with Gasteiger partial charge in [0.1, 0.15) is 5.82 Å². The van der Waals surface area contributed by atoms with Crippen LogP contribution in [0.4, 0.5) is 4.39 Å². The van der Waals surface area contributed by atoms with Gasteiger partial charge in [-0.2, -0.15) is 0 Å². The smallest absolute Gasteiger partial charge is 0.223 e. The second kappa shape index (κ2) is 7.43. The Balaban J connectivity index is 1.76. The van der Waals surface area contributed by atoms with Gasteiger partial charge in [-0.1, -0.05) is 31.0 Å². The SMILES string of the molecule is C[C@H]1C[C@@H](C(=O)NC(c2ccccc2F)C2CCCC2)CCN1. The fourth-order valence-electron chi connectivity index (χ4n) is 4.11. The summed E-state index contributed by atoms with van der Waals surface area (Å²) in [6.07, 6.45) is 6.22. The van der Waals surface area contributed by atoms with Crippen molar-refractivity contribution < 1.29 is 9.18 Å². The Bertz CT molecular complexity index is 542. The minimum atomic E-state index is -0.205. The number of nitrogens with one attached hydrogen (secondary N) is 2. The van der Waals surface area contributed by atoms with Gasteiger partial charge in [0.2, 0.25) is 5.91 Å². The van der Waals surface area contributed by atoms with Crippen LogP contribution in [0.3, 0.4) is 0 Å². The van der Waals surface area contributed by atoms with E-state index in [0.29, 0.717) is 17.5 Å². The summed E-state index contributed by atoms with van der Waals surface area (Å²) in [6.45, 7) is 3.00. The van der Waals surface area contributed by atoms with E-state index in [1.54, 1.807) is 6.07 Å². The molecule has 1 saturated heterocycles. The quantitative estimate of drug-likeness (QED) is 0.891.